The van der Waals surface area contributed by atoms with E-state index in [4.69, 9.17) is 11.6 Å². The van der Waals surface area contributed by atoms with Gasteiger partial charge in [0.15, 0.2) is 0 Å². The van der Waals surface area contributed by atoms with E-state index in [1.54, 1.807) is 49.4 Å². The maximum absolute atomic E-state index is 14.2. The van der Waals surface area contributed by atoms with Gasteiger partial charge in [0.25, 0.3) is 10.0 Å². The van der Waals surface area contributed by atoms with Gasteiger partial charge < -0.3 is 10.2 Å². The summed E-state index contributed by atoms with van der Waals surface area (Å²) >= 11 is 6.46. The standard InChI is InChI=1S/C32H38ClN3O4S/c1-23-18-19-24(2)30(20-23)36(41(39,40)28-15-8-5-9-16-28)22-31(37)35(21-26-12-10-11-17-29(26)33)25(3)32(38)34-27-13-6-4-7-14-27/h5,8-12,15-20,25,27H,4,6-7,13-14,21-22H2,1-3H3,(H,34,38). The first-order chi connectivity index (χ1) is 19.6. The fourth-order valence-electron chi connectivity index (χ4n) is 5.18. The molecule has 0 bridgehead atoms. The number of hydrogen-bond acceptors (Lipinski definition) is 4. The number of sulfonamides is 1. The van der Waals surface area contributed by atoms with Crippen molar-refractivity contribution in [3.63, 3.8) is 0 Å². The fourth-order valence-corrected chi connectivity index (χ4v) is 6.87. The lowest BCUT2D eigenvalue weighted by Crippen LogP contribution is -2.53. The van der Waals surface area contributed by atoms with Crippen molar-refractivity contribution in [1.82, 2.24) is 10.2 Å². The van der Waals surface area contributed by atoms with E-state index < -0.39 is 28.5 Å². The Morgan fingerprint density at radius 3 is 2.29 bits per heavy atom. The largest absolute Gasteiger partial charge is 0.352 e. The number of carbonyl (C=O) groups excluding carboxylic acids is 2. The molecule has 218 valence electrons. The molecular formula is C32H38ClN3O4S. The highest BCUT2D eigenvalue weighted by atomic mass is 35.5. The average Bonchev–Trinajstić information content (AvgIpc) is 2.97. The van der Waals surface area contributed by atoms with E-state index in [1.807, 2.05) is 32.0 Å². The smallest absolute Gasteiger partial charge is 0.264 e. The first kappa shape index (κ1) is 30.6. The minimum atomic E-state index is -4.11. The van der Waals surface area contributed by atoms with Gasteiger partial charge in [-0.2, -0.15) is 0 Å². The minimum Gasteiger partial charge on any atom is -0.352 e. The summed E-state index contributed by atoms with van der Waals surface area (Å²) in [5.74, 6) is -0.766. The average molecular weight is 596 g/mol. The van der Waals surface area contributed by atoms with Crippen LogP contribution in [0.3, 0.4) is 0 Å². The van der Waals surface area contributed by atoms with Crippen molar-refractivity contribution in [2.45, 2.75) is 76.4 Å². The Balaban J connectivity index is 1.71. The molecular weight excluding hydrogens is 558 g/mol. The number of aryl methyl sites for hydroxylation is 2. The van der Waals surface area contributed by atoms with Gasteiger partial charge in [-0.1, -0.05) is 79.4 Å². The predicted octanol–water partition coefficient (Wildman–Crippen LogP) is 6.02. The summed E-state index contributed by atoms with van der Waals surface area (Å²) in [5, 5.41) is 3.58. The normalized spacial score (nSPS) is 14.7. The van der Waals surface area contributed by atoms with Crippen LogP contribution in [0.4, 0.5) is 5.69 Å². The zero-order valence-corrected chi connectivity index (χ0v) is 25.4. The quantitative estimate of drug-likeness (QED) is 0.311. The molecule has 3 aromatic carbocycles. The first-order valence-corrected chi connectivity index (χ1v) is 15.9. The van der Waals surface area contributed by atoms with Crippen molar-refractivity contribution < 1.29 is 18.0 Å². The van der Waals surface area contributed by atoms with E-state index in [1.165, 1.54) is 17.0 Å². The lowest BCUT2D eigenvalue weighted by atomic mass is 9.95. The zero-order chi connectivity index (χ0) is 29.6. The Bertz CT molecular complexity index is 1470. The van der Waals surface area contributed by atoms with Crippen LogP contribution in [0.25, 0.3) is 0 Å². The zero-order valence-electron chi connectivity index (χ0n) is 23.8. The molecule has 1 saturated carbocycles. The van der Waals surface area contributed by atoms with Crippen LogP contribution in [0.5, 0.6) is 0 Å². The molecule has 0 radical (unpaired) electrons. The minimum absolute atomic E-state index is 0.0593. The van der Waals surface area contributed by atoms with E-state index in [9.17, 15) is 18.0 Å². The third-order valence-electron chi connectivity index (χ3n) is 7.66. The highest BCUT2D eigenvalue weighted by Crippen LogP contribution is 2.29. The second-order valence-corrected chi connectivity index (χ2v) is 13.0. The van der Waals surface area contributed by atoms with Gasteiger partial charge in [-0.15, -0.1) is 0 Å². The van der Waals surface area contributed by atoms with Crippen molar-refractivity contribution in [3.05, 3.63) is 94.5 Å². The number of amides is 2. The Kier molecular flexibility index (Phi) is 10.1. The van der Waals surface area contributed by atoms with Crippen molar-refractivity contribution >= 4 is 39.1 Å². The molecule has 4 rings (SSSR count). The van der Waals surface area contributed by atoms with Gasteiger partial charge in [0, 0.05) is 17.6 Å². The molecule has 1 atom stereocenters. The predicted molar refractivity (Wildman–Crippen MR) is 163 cm³/mol. The summed E-state index contributed by atoms with van der Waals surface area (Å²) in [6.07, 6.45) is 5.09. The molecule has 9 heteroatoms. The van der Waals surface area contributed by atoms with E-state index in [2.05, 4.69) is 5.32 Å². The van der Waals surface area contributed by atoms with Gasteiger partial charge in [-0.05, 0) is 74.6 Å². The van der Waals surface area contributed by atoms with Gasteiger partial charge in [0.1, 0.15) is 12.6 Å². The van der Waals surface area contributed by atoms with Gasteiger partial charge in [-0.25, -0.2) is 8.42 Å². The van der Waals surface area contributed by atoms with Crippen LogP contribution in [0, 0.1) is 13.8 Å². The van der Waals surface area contributed by atoms with Crippen LogP contribution in [0.2, 0.25) is 5.02 Å². The summed E-state index contributed by atoms with van der Waals surface area (Å²) in [5.41, 5.74) is 2.66. The van der Waals surface area contributed by atoms with E-state index in [0.717, 1.165) is 42.0 Å². The van der Waals surface area contributed by atoms with E-state index in [-0.39, 0.29) is 23.4 Å². The van der Waals surface area contributed by atoms with Gasteiger partial charge >= 0.3 is 0 Å². The number of hydrogen-bond donors (Lipinski definition) is 1. The molecule has 0 aromatic heterocycles. The van der Waals surface area contributed by atoms with E-state index >= 15 is 0 Å². The van der Waals surface area contributed by atoms with Crippen LogP contribution in [0.1, 0.15) is 55.7 Å². The van der Waals surface area contributed by atoms with Crippen LogP contribution >= 0.6 is 11.6 Å². The molecule has 1 fully saturated rings. The van der Waals surface area contributed by atoms with Gasteiger partial charge in [0.2, 0.25) is 11.8 Å². The number of carbonyl (C=O) groups is 2. The Labute approximate surface area is 248 Å². The molecule has 0 aliphatic heterocycles. The SMILES string of the molecule is Cc1ccc(C)c(N(CC(=O)N(Cc2ccccc2Cl)C(C)C(=O)NC2CCCCC2)S(=O)(=O)c2ccccc2)c1. The monoisotopic (exact) mass is 595 g/mol. The van der Waals surface area contributed by atoms with Gasteiger partial charge in [-0.3, -0.25) is 13.9 Å². The molecule has 41 heavy (non-hydrogen) atoms. The molecule has 7 nitrogen and oxygen atoms in total. The van der Waals surface area contributed by atoms with Crippen LogP contribution < -0.4 is 9.62 Å². The number of anilines is 1. The van der Waals surface area contributed by atoms with Crippen LogP contribution in [0.15, 0.2) is 77.7 Å². The molecule has 0 saturated heterocycles. The second-order valence-electron chi connectivity index (χ2n) is 10.7. The summed E-state index contributed by atoms with van der Waals surface area (Å²) in [4.78, 5) is 29.1. The van der Waals surface area contributed by atoms with E-state index in [0.29, 0.717) is 21.8 Å². The number of nitrogens with zero attached hydrogens (tertiary/aromatic N) is 2. The first-order valence-electron chi connectivity index (χ1n) is 14.1. The summed E-state index contributed by atoms with van der Waals surface area (Å²) in [6.45, 7) is 4.95. The Hall–Kier alpha value is -3.36. The number of benzene rings is 3. The molecule has 3 aromatic rings. The third-order valence-corrected chi connectivity index (χ3v) is 9.80. The van der Waals surface area contributed by atoms with Crippen molar-refractivity contribution in [1.29, 1.82) is 0 Å². The molecule has 0 spiro atoms. The van der Waals surface area contributed by atoms with Crippen molar-refractivity contribution in [2.75, 3.05) is 10.8 Å². The lowest BCUT2D eigenvalue weighted by Gasteiger charge is -2.33. The van der Waals surface area contributed by atoms with Crippen LogP contribution in [-0.2, 0) is 26.2 Å². The van der Waals surface area contributed by atoms with Crippen LogP contribution in [-0.4, -0.2) is 43.8 Å². The molecule has 0 heterocycles. The number of rotatable bonds is 10. The highest BCUT2D eigenvalue weighted by Gasteiger charge is 2.34. The molecule has 1 unspecified atom stereocenters. The molecule has 1 N–H and O–H groups in total. The second kappa shape index (κ2) is 13.5. The van der Waals surface area contributed by atoms with Crippen molar-refractivity contribution in [2.24, 2.45) is 0 Å². The maximum Gasteiger partial charge on any atom is 0.264 e. The Morgan fingerprint density at radius 1 is 0.951 bits per heavy atom. The van der Waals surface area contributed by atoms with Crippen molar-refractivity contribution in [3.8, 4) is 0 Å². The van der Waals surface area contributed by atoms with Gasteiger partial charge in [0.05, 0.1) is 10.6 Å². The summed E-state index contributed by atoms with van der Waals surface area (Å²) in [7, 11) is -4.11. The fraction of sp³-hybridized carbons (Fsp3) is 0.375. The topological polar surface area (TPSA) is 86.8 Å². The number of nitrogens with one attached hydrogen (secondary N) is 1. The number of halogens is 1. The summed E-state index contributed by atoms with van der Waals surface area (Å²) < 4.78 is 29.1. The molecule has 2 amide bonds. The maximum atomic E-state index is 14.2. The summed E-state index contributed by atoms with van der Waals surface area (Å²) in [6, 6.07) is 19.9. The third kappa shape index (κ3) is 7.49. The highest BCUT2D eigenvalue weighted by molar-refractivity contribution is 7.92. The Morgan fingerprint density at radius 2 is 1.61 bits per heavy atom. The molecule has 1 aliphatic rings. The molecule has 1 aliphatic carbocycles. The lowest BCUT2D eigenvalue weighted by molar-refractivity contribution is -0.139.